The molecule has 0 fully saturated rings. The van der Waals surface area contributed by atoms with Crippen LogP contribution in [0, 0.1) is 0 Å². The van der Waals surface area contributed by atoms with Gasteiger partial charge in [-0.15, -0.1) is 0 Å². The van der Waals surface area contributed by atoms with Crippen molar-refractivity contribution in [3.8, 4) is 0 Å². The highest BCUT2D eigenvalue weighted by molar-refractivity contribution is 5.81. The zero-order valence-electron chi connectivity index (χ0n) is 6.04. The molecule has 12 heavy (non-hydrogen) atoms. The number of rotatable bonds is 4. The summed E-state index contributed by atoms with van der Waals surface area (Å²) in [6, 6.07) is -1.73. The summed E-state index contributed by atoms with van der Waals surface area (Å²) in [5, 5.41) is 25.9. The summed E-state index contributed by atoms with van der Waals surface area (Å²) < 4.78 is 0. The lowest BCUT2D eigenvalue weighted by Gasteiger charge is -2.17. The molecule has 0 aliphatic heterocycles. The van der Waals surface area contributed by atoms with Crippen molar-refractivity contribution < 1.29 is 24.9 Å². The first-order valence-corrected chi connectivity index (χ1v) is 3.01. The fourth-order valence-electron chi connectivity index (χ4n) is 0.511. The van der Waals surface area contributed by atoms with Crippen LogP contribution in [0.15, 0.2) is 0 Å². The molecule has 1 amide bonds. The van der Waals surface area contributed by atoms with Crippen molar-refractivity contribution in [2.24, 2.45) is 11.5 Å². The van der Waals surface area contributed by atoms with Crippen LogP contribution in [0.5, 0.6) is 0 Å². The first-order valence-electron chi connectivity index (χ1n) is 3.01. The third kappa shape index (κ3) is 2.46. The predicted octanol–water partition coefficient (Wildman–Crippen LogP) is -3.39. The van der Waals surface area contributed by atoms with Gasteiger partial charge in [0, 0.05) is 0 Å². The summed E-state index contributed by atoms with van der Waals surface area (Å²) in [7, 11) is 0. The normalized spacial score (nSPS) is 17.9. The molecule has 7 N–H and O–H groups in total. The van der Waals surface area contributed by atoms with Gasteiger partial charge in [-0.05, 0) is 0 Å². The second-order valence-electron chi connectivity index (χ2n) is 2.20. The Bertz CT molecular complexity index is 174. The van der Waals surface area contributed by atoms with E-state index in [-0.39, 0.29) is 0 Å². The molecule has 0 spiro atoms. The van der Waals surface area contributed by atoms with Crippen molar-refractivity contribution in [2.75, 3.05) is 0 Å². The smallest absolute Gasteiger partial charge is 0.323 e. The predicted molar refractivity (Wildman–Crippen MR) is 36.8 cm³/mol. The van der Waals surface area contributed by atoms with E-state index in [1.54, 1.807) is 0 Å². The molecular formula is C5H10N2O5. The first-order chi connectivity index (χ1) is 5.37. The SMILES string of the molecule is NC(=O)C(O)C(O)[C@H](N)C(=O)O. The second kappa shape index (κ2) is 4.00. The highest BCUT2D eigenvalue weighted by Crippen LogP contribution is 1.97. The number of nitrogens with two attached hydrogens (primary N) is 2. The minimum absolute atomic E-state index is 1.22. The fraction of sp³-hybridized carbons (Fsp3) is 0.600. The fourth-order valence-corrected chi connectivity index (χ4v) is 0.511. The average Bonchev–Trinajstić information content (AvgIpc) is 2.00. The number of hydrogen-bond donors (Lipinski definition) is 5. The van der Waals surface area contributed by atoms with Gasteiger partial charge in [0.1, 0.15) is 12.1 Å². The van der Waals surface area contributed by atoms with Gasteiger partial charge in [0.25, 0.3) is 0 Å². The molecule has 0 saturated carbocycles. The number of aliphatic hydroxyl groups is 2. The van der Waals surface area contributed by atoms with E-state index in [4.69, 9.17) is 21.1 Å². The van der Waals surface area contributed by atoms with Crippen LogP contribution < -0.4 is 11.5 Å². The highest BCUT2D eigenvalue weighted by Gasteiger charge is 2.31. The number of carboxylic acids is 1. The third-order valence-electron chi connectivity index (χ3n) is 1.27. The van der Waals surface area contributed by atoms with Gasteiger partial charge in [0.05, 0.1) is 0 Å². The zero-order chi connectivity index (χ0) is 9.89. The monoisotopic (exact) mass is 178 g/mol. The molecule has 0 aromatic rings. The summed E-state index contributed by atoms with van der Waals surface area (Å²) in [6.45, 7) is 0. The maximum absolute atomic E-state index is 10.2. The lowest BCUT2D eigenvalue weighted by atomic mass is 10.1. The number of aliphatic carboxylic acids is 1. The second-order valence-corrected chi connectivity index (χ2v) is 2.20. The molecule has 0 aliphatic carbocycles. The Hall–Kier alpha value is -1.18. The summed E-state index contributed by atoms with van der Waals surface area (Å²) in [5.41, 5.74) is 9.46. The highest BCUT2D eigenvalue weighted by atomic mass is 16.4. The quantitative estimate of drug-likeness (QED) is 0.303. The van der Waals surface area contributed by atoms with E-state index >= 15 is 0 Å². The average molecular weight is 178 g/mol. The first kappa shape index (κ1) is 10.8. The van der Waals surface area contributed by atoms with Crippen molar-refractivity contribution in [2.45, 2.75) is 18.2 Å². The Labute approximate surface area is 67.6 Å². The number of aliphatic hydroxyl groups excluding tert-OH is 2. The van der Waals surface area contributed by atoms with Gasteiger partial charge in [0.15, 0.2) is 6.10 Å². The van der Waals surface area contributed by atoms with E-state index < -0.39 is 30.1 Å². The van der Waals surface area contributed by atoms with Gasteiger partial charge in [-0.2, -0.15) is 0 Å². The molecule has 70 valence electrons. The van der Waals surface area contributed by atoms with Crippen LogP contribution in [0.25, 0.3) is 0 Å². The van der Waals surface area contributed by atoms with Crippen LogP contribution in [0.3, 0.4) is 0 Å². The van der Waals surface area contributed by atoms with E-state index in [0.29, 0.717) is 0 Å². The maximum Gasteiger partial charge on any atom is 0.323 e. The number of carbonyl (C=O) groups is 2. The van der Waals surface area contributed by atoms with E-state index in [9.17, 15) is 9.59 Å². The summed E-state index contributed by atoms with van der Waals surface area (Å²) in [6.07, 6.45) is -3.85. The molecule has 7 nitrogen and oxygen atoms in total. The van der Waals surface area contributed by atoms with Crippen LogP contribution in [-0.4, -0.2) is 45.4 Å². The molecule has 0 saturated heterocycles. The van der Waals surface area contributed by atoms with Crippen molar-refractivity contribution in [1.82, 2.24) is 0 Å². The molecule has 0 aromatic heterocycles. The van der Waals surface area contributed by atoms with E-state index in [1.165, 1.54) is 0 Å². The van der Waals surface area contributed by atoms with E-state index in [0.717, 1.165) is 0 Å². The van der Waals surface area contributed by atoms with Crippen LogP contribution in [0.1, 0.15) is 0 Å². The summed E-state index contributed by atoms with van der Waals surface area (Å²) in [5.74, 6) is -2.75. The number of carboxylic acid groups (broad SMARTS) is 1. The van der Waals surface area contributed by atoms with Gasteiger partial charge >= 0.3 is 5.97 Å². The van der Waals surface area contributed by atoms with E-state index in [2.05, 4.69) is 5.73 Å². The molecule has 0 radical (unpaired) electrons. The van der Waals surface area contributed by atoms with Gasteiger partial charge in [-0.3, -0.25) is 9.59 Å². The minimum Gasteiger partial charge on any atom is -0.480 e. The number of amides is 1. The van der Waals surface area contributed by atoms with Crippen LogP contribution in [-0.2, 0) is 9.59 Å². The molecule has 7 heteroatoms. The topological polar surface area (TPSA) is 147 Å². The zero-order valence-corrected chi connectivity index (χ0v) is 6.04. The van der Waals surface area contributed by atoms with Gasteiger partial charge in [0.2, 0.25) is 5.91 Å². The molecule has 3 atom stereocenters. The minimum atomic E-state index is -1.96. The van der Waals surface area contributed by atoms with Crippen molar-refractivity contribution in [1.29, 1.82) is 0 Å². The number of carbonyl (C=O) groups excluding carboxylic acids is 1. The van der Waals surface area contributed by atoms with Crippen LogP contribution in [0.2, 0.25) is 0 Å². The van der Waals surface area contributed by atoms with Gasteiger partial charge in [-0.1, -0.05) is 0 Å². The summed E-state index contributed by atoms with van der Waals surface area (Å²) in [4.78, 5) is 20.4. The molecule has 0 aliphatic rings. The molecule has 0 heterocycles. The van der Waals surface area contributed by atoms with Gasteiger partial charge < -0.3 is 26.8 Å². The lowest BCUT2D eigenvalue weighted by molar-refractivity contribution is -0.146. The number of hydrogen-bond acceptors (Lipinski definition) is 5. The van der Waals surface area contributed by atoms with Crippen molar-refractivity contribution in [3.05, 3.63) is 0 Å². The van der Waals surface area contributed by atoms with Gasteiger partial charge in [-0.25, -0.2) is 0 Å². The Morgan fingerprint density at radius 3 is 1.92 bits per heavy atom. The molecule has 0 bridgehead atoms. The maximum atomic E-state index is 10.2. The van der Waals surface area contributed by atoms with Crippen LogP contribution >= 0.6 is 0 Å². The molecule has 0 aromatic carbocycles. The molecule has 2 unspecified atom stereocenters. The lowest BCUT2D eigenvalue weighted by Crippen LogP contribution is -2.52. The largest absolute Gasteiger partial charge is 0.480 e. The Morgan fingerprint density at radius 1 is 1.25 bits per heavy atom. The Morgan fingerprint density at radius 2 is 1.67 bits per heavy atom. The van der Waals surface area contributed by atoms with Crippen molar-refractivity contribution >= 4 is 11.9 Å². The Kier molecular flexibility index (Phi) is 3.61. The number of primary amides is 1. The molecular weight excluding hydrogens is 168 g/mol. The summed E-state index contributed by atoms with van der Waals surface area (Å²) >= 11 is 0. The van der Waals surface area contributed by atoms with Crippen LogP contribution in [0.4, 0.5) is 0 Å². The van der Waals surface area contributed by atoms with Crippen molar-refractivity contribution in [3.63, 3.8) is 0 Å². The van der Waals surface area contributed by atoms with E-state index in [1.807, 2.05) is 0 Å². The Balaban J connectivity index is 4.28. The third-order valence-corrected chi connectivity index (χ3v) is 1.27. The molecule has 0 rings (SSSR count). The standard InChI is InChI=1S/C5H10N2O5/c6-1(5(11)12)2(8)3(9)4(7)10/h1-3,8-9H,6H2,(H2,7,10)(H,11,12)/t1-,2?,3?/m0/s1.